The third-order valence-corrected chi connectivity index (χ3v) is 7.95. The lowest BCUT2D eigenvalue weighted by Gasteiger charge is -2.20. The number of amides is 1. The summed E-state index contributed by atoms with van der Waals surface area (Å²) >= 11 is 0. The molecule has 0 aromatic carbocycles. The van der Waals surface area contributed by atoms with Gasteiger partial charge in [0.2, 0.25) is 11.8 Å². The number of aromatic amines is 1. The number of halogens is 1. The number of pyridine rings is 2. The summed E-state index contributed by atoms with van der Waals surface area (Å²) in [6.07, 6.45) is 4.80. The topological polar surface area (TPSA) is 143 Å². The van der Waals surface area contributed by atoms with Gasteiger partial charge in [0.15, 0.2) is 0 Å². The lowest BCUT2D eigenvalue weighted by Crippen LogP contribution is -2.41. The summed E-state index contributed by atoms with van der Waals surface area (Å²) in [7, 11) is 4.64. The summed E-state index contributed by atoms with van der Waals surface area (Å²) in [6, 6.07) is 2.85. The minimum Gasteiger partial charge on any atom is -0.475 e. The molecule has 13 nitrogen and oxygen atoms in total. The second kappa shape index (κ2) is 9.44. The van der Waals surface area contributed by atoms with Crippen LogP contribution in [-0.2, 0) is 23.6 Å². The third-order valence-electron chi connectivity index (χ3n) is 7.95. The maximum atomic E-state index is 15.1. The highest BCUT2D eigenvalue weighted by molar-refractivity contribution is 6.14. The van der Waals surface area contributed by atoms with E-state index in [0.717, 1.165) is 0 Å². The van der Waals surface area contributed by atoms with Gasteiger partial charge in [-0.2, -0.15) is 4.39 Å². The number of nitrogens with zero attached hydrogens (tertiary/aromatic N) is 6. The molecule has 0 saturated heterocycles. The fraction of sp³-hybridized carbons (Fsp3) is 0.370. The minimum atomic E-state index is -0.645. The van der Waals surface area contributed by atoms with Crippen molar-refractivity contribution in [3.8, 4) is 28.3 Å². The average Bonchev–Trinajstić information content (AvgIpc) is 3.69. The maximum absolute atomic E-state index is 15.1. The Morgan fingerprint density at radius 2 is 2.05 bits per heavy atom. The predicted octanol–water partition coefficient (Wildman–Crippen LogP) is 2.66. The van der Waals surface area contributed by atoms with E-state index in [4.69, 9.17) is 14.2 Å². The van der Waals surface area contributed by atoms with Crippen molar-refractivity contribution in [3.63, 3.8) is 0 Å². The predicted molar refractivity (Wildman–Crippen MR) is 145 cm³/mol. The molecule has 0 unspecified atom stereocenters. The Hall–Kier alpha value is -4.72. The molecule has 8 rings (SSSR count). The molecule has 212 valence electrons. The van der Waals surface area contributed by atoms with Crippen molar-refractivity contribution < 1.29 is 23.4 Å². The molecule has 1 aliphatic carbocycles. The van der Waals surface area contributed by atoms with Crippen LogP contribution in [0.5, 0.6) is 5.88 Å². The van der Waals surface area contributed by atoms with E-state index in [1.807, 2.05) is 6.07 Å². The number of fused-ring (bicyclic) bond motifs is 5. The van der Waals surface area contributed by atoms with Crippen LogP contribution in [0.4, 0.5) is 9.18 Å². The first-order valence-electron chi connectivity index (χ1n) is 13.2. The Balaban J connectivity index is 1.54. The Bertz CT molecular complexity index is 1870. The van der Waals surface area contributed by atoms with Crippen LogP contribution in [0.2, 0.25) is 0 Å². The number of nitrogens with one attached hydrogen (secondary N) is 2. The zero-order valence-electron chi connectivity index (χ0n) is 22.5. The Morgan fingerprint density at radius 3 is 2.78 bits per heavy atom. The molecule has 41 heavy (non-hydrogen) atoms. The number of hydrogen-bond donors (Lipinski definition) is 2. The van der Waals surface area contributed by atoms with E-state index < -0.39 is 24.2 Å². The van der Waals surface area contributed by atoms with Gasteiger partial charge < -0.3 is 24.5 Å². The summed E-state index contributed by atoms with van der Waals surface area (Å²) in [6.45, 7) is 0.488. The van der Waals surface area contributed by atoms with Gasteiger partial charge in [-0.1, -0.05) is 0 Å². The fourth-order valence-corrected chi connectivity index (χ4v) is 6.13. The van der Waals surface area contributed by atoms with Gasteiger partial charge in [0.25, 0.3) is 0 Å². The molecule has 4 bridgehead atoms. The molecule has 0 radical (unpaired) electrons. The van der Waals surface area contributed by atoms with E-state index >= 15 is 4.39 Å². The lowest BCUT2D eigenvalue weighted by atomic mass is 10.0. The molecule has 1 amide bonds. The number of hydrogen-bond acceptors (Lipinski definition) is 8. The van der Waals surface area contributed by atoms with Crippen LogP contribution >= 0.6 is 0 Å². The van der Waals surface area contributed by atoms with Crippen molar-refractivity contribution in [2.75, 3.05) is 20.3 Å². The molecule has 3 aliphatic rings. The largest absolute Gasteiger partial charge is 0.475 e. The number of ether oxygens (including phenoxy) is 3. The number of carbonyl (C=O) groups excluding carboxylic acids is 1. The minimum absolute atomic E-state index is 0.235. The average molecular weight is 563 g/mol. The molecule has 2 aliphatic heterocycles. The smallest absolute Gasteiger partial charge is 0.407 e. The van der Waals surface area contributed by atoms with Crippen LogP contribution in [0.3, 0.4) is 0 Å². The van der Waals surface area contributed by atoms with Crippen LogP contribution in [0.15, 0.2) is 35.5 Å². The lowest BCUT2D eigenvalue weighted by molar-refractivity contribution is 0.0206. The first-order valence-corrected chi connectivity index (χ1v) is 13.2. The van der Waals surface area contributed by atoms with Crippen LogP contribution in [-0.4, -0.2) is 72.4 Å². The molecule has 5 aromatic rings. The first-order chi connectivity index (χ1) is 19.8. The van der Waals surface area contributed by atoms with Crippen LogP contribution < -0.4 is 15.7 Å². The number of imidazole rings is 1. The highest BCUT2D eigenvalue weighted by Crippen LogP contribution is 2.43. The zero-order chi connectivity index (χ0) is 28.4. The summed E-state index contributed by atoms with van der Waals surface area (Å²) in [5.41, 5.74) is 3.53. The van der Waals surface area contributed by atoms with Crippen LogP contribution in [0.1, 0.15) is 18.9 Å². The van der Waals surface area contributed by atoms with Gasteiger partial charge in [-0.05, 0) is 18.9 Å². The summed E-state index contributed by atoms with van der Waals surface area (Å²) in [5.74, 6) is -0.247. The molecule has 3 atom stereocenters. The number of H-pyrrole nitrogens is 1. The molecule has 2 N–H and O–H groups in total. The third kappa shape index (κ3) is 3.96. The van der Waals surface area contributed by atoms with E-state index in [0.29, 0.717) is 57.6 Å². The van der Waals surface area contributed by atoms with Crippen molar-refractivity contribution >= 4 is 28.2 Å². The van der Waals surface area contributed by atoms with Crippen molar-refractivity contribution in [3.05, 3.63) is 47.2 Å². The number of carbonyl (C=O) groups is 1. The molecule has 7 heterocycles. The monoisotopic (exact) mass is 562 g/mol. The summed E-state index contributed by atoms with van der Waals surface area (Å²) < 4.78 is 36.6. The Morgan fingerprint density at radius 1 is 1.20 bits per heavy atom. The number of methoxy groups -OCH3 is 1. The van der Waals surface area contributed by atoms with E-state index in [1.165, 1.54) is 11.8 Å². The SMILES string of the molecule is COC(=O)N[C@H]1C[C@H]2C[C@H]1OCCOc1ccc(cn1)-c1c(-c3cn(C)nc3F)[nH]c3ncc4c(c13)n2c(=O)n4C. The van der Waals surface area contributed by atoms with Crippen molar-refractivity contribution in [1.29, 1.82) is 0 Å². The van der Waals surface area contributed by atoms with Crippen molar-refractivity contribution in [2.45, 2.75) is 31.0 Å². The summed E-state index contributed by atoms with van der Waals surface area (Å²) in [4.78, 5) is 38.4. The number of alkyl carbamates (subject to hydrolysis) is 1. The molecular weight excluding hydrogens is 535 g/mol. The molecular formula is C27H27FN8O5. The van der Waals surface area contributed by atoms with Gasteiger partial charge >= 0.3 is 11.8 Å². The Labute approximate surface area is 231 Å². The quantitative estimate of drug-likeness (QED) is 0.334. The number of rotatable bonds is 2. The van der Waals surface area contributed by atoms with Gasteiger partial charge in [0.1, 0.15) is 12.3 Å². The zero-order valence-corrected chi connectivity index (χ0v) is 22.5. The van der Waals surface area contributed by atoms with E-state index in [1.54, 1.807) is 47.9 Å². The second-order valence-corrected chi connectivity index (χ2v) is 10.3. The van der Waals surface area contributed by atoms with E-state index in [2.05, 4.69) is 25.4 Å². The maximum Gasteiger partial charge on any atom is 0.407 e. The Kier molecular flexibility index (Phi) is 5.81. The van der Waals surface area contributed by atoms with E-state index in [9.17, 15) is 9.59 Å². The number of aryl methyl sites for hydroxylation is 2. The standard InChI is InChI=1S/C27H27FN8O5/c1-34-12-15(24(28)33-34)22-20-13-4-5-19(29-10-13)41-7-6-40-18-9-14(8-16(18)31-26(37)39-3)36-23-17(35(2)27(36)38)11-30-25(32-22)21(20)23/h4-5,10-12,14,16,18H,6-9H2,1-3H3,(H,30,32)(H,31,37)/t14-,16-,18+/m0/s1. The normalized spacial score (nSPS) is 20.3. The van der Waals surface area contributed by atoms with Crippen LogP contribution in [0.25, 0.3) is 44.5 Å². The highest BCUT2D eigenvalue weighted by Gasteiger charge is 2.39. The van der Waals surface area contributed by atoms with Gasteiger partial charge in [-0.25, -0.2) is 19.6 Å². The van der Waals surface area contributed by atoms with Crippen LogP contribution in [0, 0.1) is 5.95 Å². The van der Waals surface area contributed by atoms with Gasteiger partial charge in [0, 0.05) is 49.7 Å². The summed E-state index contributed by atoms with van der Waals surface area (Å²) in [5, 5.41) is 7.41. The van der Waals surface area contributed by atoms with Gasteiger partial charge in [-0.15, -0.1) is 5.10 Å². The molecule has 0 spiro atoms. The first kappa shape index (κ1) is 25.3. The van der Waals surface area contributed by atoms with Crippen molar-refractivity contribution in [1.82, 2.24) is 39.2 Å². The highest BCUT2D eigenvalue weighted by atomic mass is 19.1. The molecule has 1 fully saturated rings. The second-order valence-electron chi connectivity index (χ2n) is 10.3. The molecule has 1 saturated carbocycles. The van der Waals surface area contributed by atoms with Gasteiger partial charge in [0.05, 0.1) is 59.7 Å². The molecule has 14 heteroatoms. The van der Waals surface area contributed by atoms with Gasteiger partial charge in [-0.3, -0.25) is 13.8 Å². The molecule has 5 aromatic heterocycles. The number of aromatic nitrogens is 7. The fourth-order valence-electron chi connectivity index (χ4n) is 6.13. The van der Waals surface area contributed by atoms with E-state index in [-0.39, 0.29) is 30.5 Å². The van der Waals surface area contributed by atoms with Crippen molar-refractivity contribution in [2.24, 2.45) is 14.1 Å².